The molecule has 0 aliphatic heterocycles. The summed E-state index contributed by atoms with van der Waals surface area (Å²) in [5, 5.41) is 2.83. The molecule has 0 atom stereocenters. The first kappa shape index (κ1) is 19.3. The average molecular weight is 378 g/mol. The number of hydrogen-bond donors (Lipinski definition) is 2. The van der Waals surface area contributed by atoms with Gasteiger partial charge in [-0.2, -0.15) is 0 Å². The van der Waals surface area contributed by atoms with Gasteiger partial charge in [-0.05, 0) is 43.7 Å². The molecule has 0 saturated heterocycles. The predicted molar refractivity (Wildman–Crippen MR) is 106 cm³/mol. The summed E-state index contributed by atoms with van der Waals surface area (Å²) < 4.78 is 5.46. The van der Waals surface area contributed by atoms with E-state index in [1.165, 1.54) is 0 Å². The molecular formula is C21H22N4O3. The molecule has 2 N–H and O–H groups in total. The number of ether oxygens (including phenoxy) is 1. The van der Waals surface area contributed by atoms with Crippen molar-refractivity contribution in [3.8, 4) is 17.3 Å². The number of H-pyrrole nitrogens is 1. The number of hydrogen-bond acceptors (Lipinski definition) is 5. The molecule has 1 aromatic carbocycles. The summed E-state index contributed by atoms with van der Waals surface area (Å²) in [4.78, 5) is 36.0. The van der Waals surface area contributed by atoms with Gasteiger partial charge in [0, 0.05) is 24.0 Å². The molecule has 2 heterocycles. The molecule has 3 aromatic rings. The van der Waals surface area contributed by atoms with Crippen LogP contribution in [0.4, 0.5) is 0 Å². The zero-order chi connectivity index (χ0) is 19.9. The summed E-state index contributed by atoms with van der Waals surface area (Å²) in [5.74, 6) is 0.902. The highest BCUT2D eigenvalue weighted by atomic mass is 16.5. The van der Waals surface area contributed by atoms with Crippen LogP contribution in [0.5, 0.6) is 5.75 Å². The summed E-state index contributed by atoms with van der Waals surface area (Å²) in [5.41, 5.74) is 2.03. The van der Waals surface area contributed by atoms with E-state index in [-0.39, 0.29) is 17.9 Å². The molecule has 0 aliphatic rings. The fourth-order valence-electron chi connectivity index (χ4n) is 2.78. The van der Waals surface area contributed by atoms with Gasteiger partial charge in [-0.1, -0.05) is 18.2 Å². The maximum atomic E-state index is 12.4. The molecule has 0 unspecified atom stereocenters. The van der Waals surface area contributed by atoms with E-state index in [0.717, 1.165) is 11.3 Å². The molecule has 0 saturated carbocycles. The van der Waals surface area contributed by atoms with Crippen LogP contribution in [-0.4, -0.2) is 27.5 Å². The Kier molecular flexibility index (Phi) is 6.16. The van der Waals surface area contributed by atoms with E-state index < -0.39 is 0 Å². The average Bonchev–Trinajstić information content (AvgIpc) is 2.70. The van der Waals surface area contributed by atoms with E-state index in [2.05, 4.69) is 20.3 Å². The highest BCUT2D eigenvalue weighted by Gasteiger charge is 2.14. The standard InChI is InChI=1S/C21H22N4O3/c1-3-28-16-8-6-7-15(11-16)13-23-19(26)12-17-14(2)24-20(25-21(17)27)18-9-4-5-10-22-18/h4-11H,3,12-13H2,1-2H3,(H,23,26)(H,24,25,27). The molecule has 1 amide bonds. The van der Waals surface area contributed by atoms with Crippen molar-refractivity contribution in [1.82, 2.24) is 20.3 Å². The predicted octanol–water partition coefficient (Wildman–Crippen LogP) is 2.40. The molecule has 3 rings (SSSR count). The van der Waals surface area contributed by atoms with E-state index in [0.29, 0.717) is 35.9 Å². The number of benzene rings is 1. The maximum Gasteiger partial charge on any atom is 0.255 e. The van der Waals surface area contributed by atoms with E-state index >= 15 is 0 Å². The van der Waals surface area contributed by atoms with Crippen LogP contribution in [0.15, 0.2) is 53.5 Å². The van der Waals surface area contributed by atoms with E-state index in [4.69, 9.17) is 4.74 Å². The van der Waals surface area contributed by atoms with Gasteiger partial charge in [0.15, 0.2) is 5.82 Å². The second-order valence-electron chi connectivity index (χ2n) is 6.23. The largest absolute Gasteiger partial charge is 0.494 e. The Morgan fingerprint density at radius 1 is 1.21 bits per heavy atom. The highest BCUT2D eigenvalue weighted by molar-refractivity contribution is 5.78. The highest BCUT2D eigenvalue weighted by Crippen LogP contribution is 2.13. The van der Waals surface area contributed by atoms with Crippen molar-refractivity contribution in [2.45, 2.75) is 26.8 Å². The van der Waals surface area contributed by atoms with Crippen LogP contribution in [0.25, 0.3) is 11.5 Å². The minimum absolute atomic E-state index is 0.0399. The molecule has 0 radical (unpaired) electrons. The van der Waals surface area contributed by atoms with Gasteiger partial charge < -0.3 is 15.0 Å². The zero-order valence-corrected chi connectivity index (χ0v) is 15.9. The lowest BCUT2D eigenvalue weighted by Crippen LogP contribution is -2.29. The number of nitrogens with one attached hydrogen (secondary N) is 2. The van der Waals surface area contributed by atoms with E-state index in [1.54, 1.807) is 25.3 Å². The first-order valence-corrected chi connectivity index (χ1v) is 9.06. The van der Waals surface area contributed by atoms with Crippen LogP contribution in [-0.2, 0) is 17.8 Å². The number of carbonyl (C=O) groups excluding carboxylic acids is 1. The molecule has 7 nitrogen and oxygen atoms in total. The number of carbonyl (C=O) groups is 1. The molecular weight excluding hydrogens is 356 g/mol. The van der Waals surface area contributed by atoms with Crippen molar-refractivity contribution in [2.24, 2.45) is 0 Å². The Labute approximate surface area is 162 Å². The summed E-state index contributed by atoms with van der Waals surface area (Å²) in [7, 11) is 0. The summed E-state index contributed by atoms with van der Waals surface area (Å²) >= 11 is 0. The van der Waals surface area contributed by atoms with Crippen molar-refractivity contribution in [2.75, 3.05) is 6.61 Å². The van der Waals surface area contributed by atoms with Gasteiger partial charge in [0.05, 0.1) is 13.0 Å². The number of aromatic nitrogens is 3. The Bertz CT molecular complexity index is 1020. The number of pyridine rings is 1. The van der Waals surface area contributed by atoms with Gasteiger partial charge >= 0.3 is 0 Å². The van der Waals surface area contributed by atoms with Crippen LogP contribution < -0.4 is 15.6 Å². The fraction of sp³-hybridized carbons (Fsp3) is 0.238. The minimum atomic E-state index is -0.332. The third-order valence-electron chi connectivity index (χ3n) is 4.17. The van der Waals surface area contributed by atoms with Gasteiger partial charge in [0.1, 0.15) is 11.4 Å². The summed E-state index contributed by atoms with van der Waals surface area (Å²) in [6, 6.07) is 12.9. The number of amides is 1. The van der Waals surface area contributed by atoms with E-state index in [1.807, 2.05) is 37.3 Å². The lowest BCUT2D eigenvalue weighted by Gasteiger charge is -2.09. The molecule has 0 fully saturated rings. The molecule has 144 valence electrons. The normalized spacial score (nSPS) is 10.5. The zero-order valence-electron chi connectivity index (χ0n) is 15.9. The first-order chi connectivity index (χ1) is 13.6. The van der Waals surface area contributed by atoms with Crippen LogP contribution in [0.3, 0.4) is 0 Å². The smallest absolute Gasteiger partial charge is 0.255 e. The topological polar surface area (TPSA) is 97.0 Å². The molecule has 2 aromatic heterocycles. The number of rotatable bonds is 7. The fourth-order valence-corrected chi connectivity index (χ4v) is 2.78. The molecule has 28 heavy (non-hydrogen) atoms. The van der Waals surface area contributed by atoms with Crippen molar-refractivity contribution in [3.63, 3.8) is 0 Å². The van der Waals surface area contributed by atoms with Gasteiger partial charge in [-0.25, -0.2) is 4.98 Å². The van der Waals surface area contributed by atoms with Gasteiger partial charge in [0.2, 0.25) is 5.91 Å². The Morgan fingerprint density at radius 2 is 2.07 bits per heavy atom. The first-order valence-electron chi connectivity index (χ1n) is 9.06. The number of nitrogens with zero attached hydrogens (tertiary/aromatic N) is 2. The molecule has 0 spiro atoms. The second kappa shape index (κ2) is 8.94. The molecule has 0 bridgehead atoms. The molecule has 0 aliphatic carbocycles. The maximum absolute atomic E-state index is 12.4. The van der Waals surface area contributed by atoms with Gasteiger partial charge in [0.25, 0.3) is 5.56 Å². The number of aromatic amines is 1. The number of aryl methyl sites for hydroxylation is 1. The van der Waals surface area contributed by atoms with E-state index in [9.17, 15) is 9.59 Å². The van der Waals surface area contributed by atoms with Crippen LogP contribution in [0, 0.1) is 6.92 Å². The van der Waals surface area contributed by atoms with Crippen LogP contribution in [0.2, 0.25) is 0 Å². The van der Waals surface area contributed by atoms with Crippen molar-refractivity contribution < 1.29 is 9.53 Å². The quantitative estimate of drug-likeness (QED) is 0.658. The van der Waals surface area contributed by atoms with Gasteiger partial charge in [-0.3, -0.25) is 14.6 Å². The monoisotopic (exact) mass is 378 g/mol. The van der Waals surface area contributed by atoms with Crippen LogP contribution >= 0.6 is 0 Å². The Hall–Kier alpha value is -3.48. The lowest BCUT2D eigenvalue weighted by molar-refractivity contribution is -0.120. The lowest BCUT2D eigenvalue weighted by atomic mass is 10.1. The third-order valence-corrected chi connectivity index (χ3v) is 4.17. The third kappa shape index (κ3) is 4.82. The Balaban J connectivity index is 1.67. The molecule has 7 heteroatoms. The van der Waals surface area contributed by atoms with Crippen LogP contribution in [0.1, 0.15) is 23.7 Å². The van der Waals surface area contributed by atoms with Gasteiger partial charge in [-0.15, -0.1) is 0 Å². The summed E-state index contributed by atoms with van der Waals surface area (Å²) in [6.45, 7) is 4.58. The van der Waals surface area contributed by atoms with Crippen molar-refractivity contribution in [3.05, 3.63) is 75.8 Å². The second-order valence-corrected chi connectivity index (χ2v) is 6.23. The van der Waals surface area contributed by atoms with Crippen molar-refractivity contribution >= 4 is 5.91 Å². The minimum Gasteiger partial charge on any atom is -0.494 e. The SMILES string of the molecule is CCOc1cccc(CNC(=O)Cc2c(C)nc(-c3ccccn3)[nH]c2=O)c1. The summed E-state index contributed by atoms with van der Waals surface area (Å²) in [6.07, 6.45) is 1.59. The Morgan fingerprint density at radius 3 is 2.79 bits per heavy atom. The van der Waals surface area contributed by atoms with Crippen molar-refractivity contribution in [1.29, 1.82) is 0 Å².